The average molecular weight is 623 g/mol. The molecule has 0 aliphatic heterocycles. The third kappa shape index (κ3) is 4.73. The Morgan fingerprint density at radius 3 is 2.20 bits per heavy atom. The van der Waals surface area contributed by atoms with Gasteiger partial charge in [0.15, 0.2) is 11.7 Å². The van der Waals surface area contributed by atoms with Crippen LogP contribution in [0.5, 0.6) is 0 Å². The van der Waals surface area contributed by atoms with Crippen molar-refractivity contribution < 1.29 is 31.5 Å². The normalized spacial score (nSPS) is 19.5. The lowest BCUT2D eigenvalue weighted by Gasteiger charge is -2.06. The third-order valence-corrected chi connectivity index (χ3v) is 8.44. The zero-order chi connectivity index (χ0) is 49.5. The first-order valence-corrected chi connectivity index (χ1v) is 14.2. The van der Waals surface area contributed by atoms with Gasteiger partial charge in [-0.15, -0.1) is 22.7 Å². The quantitative estimate of drug-likeness (QED) is 0.150. The van der Waals surface area contributed by atoms with E-state index in [1.165, 1.54) is 0 Å². The van der Waals surface area contributed by atoms with E-state index in [0.717, 1.165) is 17.6 Å². The Morgan fingerprint density at radius 2 is 1.34 bits per heavy atom. The fraction of sp³-hybridized carbons (Fsp3) is 0. The standard InChI is InChI=1S/C39H25N3S2/c40-38(26-13-5-2-6-14-26)42-39(41-24-28-15-9-18-31-30-16-7-8-19-33(30)44-37(28)31)27-21-22-32-35(23-27)43-34-20-10-17-29(36(32)34)25-11-3-1-4-12-25/h1-24,40H/i1D,2D,3D,4D,5D,6D,7D,8D,9D,10D,11D,12D,13D,14D,15D,16D,17D,18D,19D,20D,21D,22D,23D. The Morgan fingerprint density at radius 1 is 0.614 bits per heavy atom. The number of nitrogens with one attached hydrogen (secondary N) is 1. The molecule has 0 aliphatic carbocycles. The highest BCUT2D eigenvalue weighted by Gasteiger charge is 2.14. The minimum atomic E-state index is -1.05. The summed E-state index contributed by atoms with van der Waals surface area (Å²) in [6.45, 7) is 0. The van der Waals surface area contributed by atoms with Crippen molar-refractivity contribution in [2.45, 2.75) is 0 Å². The van der Waals surface area contributed by atoms with Crippen LogP contribution in [-0.4, -0.2) is 17.9 Å². The maximum Gasteiger partial charge on any atom is 0.161 e. The number of hydrogen-bond donors (Lipinski definition) is 1. The Balaban J connectivity index is 1.49. The molecule has 0 spiro atoms. The zero-order valence-electron chi connectivity index (χ0n) is 44.8. The van der Waals surface area contributed by atoms with Crippen LogP contribution in [0.3, 0.4) is 0 Å². The smallest absolute Gasteiger partial charge is 0.161 e. The van der Waals surface area contributed by atoms with Gasteiger partial charge >= 0.3 is 0 Å². The molecule has 3 nitrogen and oxygen atoms in total. The predicted octanol–water partition coefficient (Wildman–Crippen LogP) is 11.0. The lowest BCUT2D eigenvalue weighted by molar-refractivity contribution is 1.40. The Kier molecular flexibility index (Phi) is 2.96. The lowest BCUT2D eigenvalue weighted by atomic mass is 9.99. The van der Waals surface area contributed by atoms with Gasteiger partial charge in [-0.3, -0.25) is 5.41 Å². The van der Waals surface area contributed by atoms with Crippen molar-refractivity contribution in [2.24, 2.45) is 9.98 Å². The molecule has 0 saturated heterocycles. The van der Waals surface area contributed by atoms with E-state index < -0.39 is 173 Å². The van der Waals surface area contributed by atoms with E-state index in [1.54, 1.807) is 0 Å². The molecule has 0 bridgehead atoms. The van der Waals surface area contributed by atoms with Gasteiger partial charge in [0.25, 0.3) is 0 Å². The second kappa shape index (κ2) is 11.1. The van der Waals surface area contributed by atoms with Crippen LogP contribution in [0.15, 0.2) is 149 Å². The second-order valence-corrected chi connectivity index (χ2v) is 10.9. The molecule has 208 valence electrons. The van der Waals surface area contributed by atoms with Crippen molar-refractivity contribution >= 4 is 80.9 Å². The van der Waals surface area contributed by atoms with Gasteiger partial charge < -0.3 is 0 Å². The van der Waals surface area contributed by atoms with Crippen LogP contribution in [-0.2, 0) is 0 Å². The monoisotopic (exact) mass is 622 g/mol. The maximum absolute atomic E-state index is 9.52. The molecule has 5 heteroatoms. The fourth-order valence-corrected chi connectivity index (χ4v) is 6.42. The van der Waals surface area contributed by atoms with Gasteiger partial charge in [0, 0.05) is 63.2 Å². The molecule has 0 aliphatic rings. The fourth-order valence-electron chi connectivity index (χ4n) is 4.37. The second-order valence-electron chi connectivity index (χ2n) is 8.85. The maximum atomic E-state index is 9.52. The van der Waals surface area contributed by atoms with Gasteiger partial charge in [0.05, 0.1) is 31.5 Å². The van der Waals surface area contributed by atoms with Gasteiger partial charge in [-0.25, -0.2) is 9.98 Å². The van der Waals surface area contributed by atoms with Crippen molar-refractivity contribution in [3.63, 3.8) is 0 Å². The van der Waals surface area contributed by atoms with E-state index in [4.69, 9.17) is 32.8 Å². The molecular formula is C39H25N3S2. The van der Waals surface area contributed by atoms with Crippen LogP contribution in [0.4, 0.5) is 0 Å². The molecule has 44 heavy (non-hydrogen) atoms. The van der Waals surface area contributed by atoms with Crippen molar-refractivity contribution in [2.75, 3.05) is 0 Å². The van der Waals surface area contributed by atoms with Crippen molar-refractivity contribution in [1.29, 1.82) is 5.41 Å². The summed E-state index contributed by atoms with van der Waals surface area (Å²) < 4.78 is 197. The molecule has 0 unspecified atom stereocenters. The first-order valence-electron chi connectivity index (χ1n) is 24.0. The van der Waals surface area contributed by atoms with Gasteiger partial charge in [0.1, 0.15) is 0 Å². The molecule has 2 heterocycles. The number of hydrogen-bond acceptors (Lipinski definition) is 3. The number of amidine groups is 2. The summed E-state index contributed by atoms with van der Waals surface area (Å²) in [5.74, 6) is -1.87. The van der Waals surface area contributed by atoms with Gasteiger partial charge in [-0.05, 0) is 29.3 Å². The van der Waals surface area contributed by atoms with Crippen LogP contribution < -0.4 is 0 Å². The van der Waals surface area contributed by atoms with Gasteiger partial charge in [0.2, 0.25) is 0 Å². The zero-order valence-corrected chi connectivity index (χ0v) is 23.4. The highest BCUT2D eigenvalue weighted by Crippen LogP contribution is 2.40. The number of rotatable bonds is 4. The number of benzene rings is 6. The van der Waals surface area contributed by atoms with E-state index in [9.17, 15) is 4.11 Å². The van der Waals surface area contributed by atoms with E-state index in [0.29, 0.717) is 11.3 Å². The molecule has 0 radical (unpaired) electrons. The summed E-state index contributed by atoms with van der Waals surface area (Å²) in [4.78, 5) is 8.50. The molecular weight excluding hydrogens is 575 g/mol. The Labute approximate surface area is 294 Å². The Hall–Kier alpha value is -5.23. The summed E-state index contributed by atoms with van der Waals surface area (Å²) in [6.07, 6.45) is 0.886. The lowest BCUT2D eigenvalue weighted by Crippen LogP contribution is -2.04. The summed E-state index contributed by atoms with van der Waals surface area (Å²) in [6, 6.07) is -16.6. The van der Waals surface area contributed by atoms with Gasteiger partial charge in [-0.2, -0.15) is 0 Å². The largest absolute Gasteiger partial charge is 0.282 e. The molecule has 8 rings (SSSR count). The minimum Gasteiger partial charge on any atom is -0.282 e. The molecule has 0 saturated carbocycles. The topological polar surface area (TPSA) is 48.6 Å². The minimum absolute atomic E-state index is 0.0179. The average Bonchev–Trinajstić information content (AvgIpc) is 3.90. The van der Waals surface area contributed by atoms with E-state index in [2.05, 4.69) is 9.98 Å². The number of thiophene rings is 2. The van der Waals surface area contributed by atoms with Crippen LogP contribution in [0.1, 0.15) is 48.2 Å². The first-order chi connectivity index (χ1) is 31.3. The highest BCUT2D eigenvalue weighted by molar-refractivity contribution is 7.26. The predicted molar refractivity (Wildman–Crippen MR) is 191 cm³/mol. The molecule has 0 atom stereocenters. The molecule has 2 aromatic heterocycles. The van der Waals surface area contributed by atoms with E-state index in [-0.39, 0.29) is 45.9 Å². The molecule has 0 amide bonds. The molecule has 8 aromatic rings. The first kappa shape index (κ1) is 11.7. The van der Waals surface area contributed by atoms with Crippen LogP contribution >= 0.6 is 22.7 Å². The molecule has 0 fully saturated rings. The SMILES string of the molecule is [2H]c1c([2H])c([2H])c(C(=N)N=C(N=Cc2c([2H])c([2H])c([2H])c3c2sc2c([2H])c([2H])c([2H])c([2H])c23)c2c([2H])c([2H])c3c(sc4c([2H])c([2H])c([2H])c(-c5c([2H])c([2H])c([2H])c([2H])c5[2H])c43)c2[2H])c([2H])c1[2H]. The van der Waals surface area contributed by atoms with Gasteiger partial charge in [-0.1, -0.05) is 121 Å². The Bertz CT molecular complexity index is 3650. The summed E-state index contributed by atoms with van der Waals surface area (Å²) in [7, 11) is 0. The van der Waals surface area contributed by atoms with Crippen LogP contribution in [0, 0.1) is 5.41 Å². The highest BCUT2D eigenvalue weighted by atomic mass is 32.1. The number of nitrogens with zero attached hydrogens (tertiary/aromatic N) is 2. The molecule has 1 N–H and O–H groups in total. The van der Waals surface area contributed by atoms with Crippen molar-refractivity contribution in [3.8, 4) is 11.1 Å². The van der Waals surface area contributed by atoms with E-state index >= 15 is 0 Å². The summed E-state index contributed by atoms with van der Waals surface area (Å²) in [5, 5.41) is 8.15. The van der Waals surface area contributed by atoms with E-state index in [1.807, 2.05) is 0 Å². The van der Waals surface area contributed by atoms with Crippen LogP contribution in [0.2, 0.25) is 0 Å². The third-order valence-electron chi connectivity index (χ3n) is 6.28. The number of aliphatic imine (C=N–C) groups is 2. The summed E-state index contributed by atoms with van der Waals surface area (Å²) >= 11 is 1.36. The van der Waals surface area contributed by atoms with Crippen molar-refractivity contribution in [1.82, 2.24) is 0 Å². The summed E-state index contributed by atoms with van der Waals surface area (Å²) in [5.41, 5.74) is -2.67. The van der Waals surface area contributed by atoms with Crippen LogP contribution in [0.25, 0.3) is 51.5 Å². The molecule has 6 aromatic carbocycles. The van der Waals surface area contributed by atoms with Crippen molar-refractivity contribution in [3.05, 3.63) is 156 Å². The number of fused-ring (bicyclic) bond motifs is 6.